The third-order valence-corrected chi connectivity index (χ3v) is 11.2. The minimum absolute atomic E-state index is 0.0222. The van der Waals surface area contributed by atoms with E-state index in [1.807, 2.05) is 0 Å². The number of hydrogen-bond acceptors (Lipinski definition) is 16. The quantitative estimate of drug-likeness (QED) is 0.0156. The van der Waals surface area contributed by atoms with Crippen LogP contribution in [0.25, 0.3) is 24.3 Å². The maximum absolute atomic E-state index is 13.2. The zero-order valence-electron chi connectivity index (χ0n) is 44.3. The van der Waals surface area contributed by atoms with Gasteiger partial charge >= 0.3 is 23.9 Å². The molecule has 2 atom stereocenters. The molecule has 2 unspecified atom stereocenters. The van der Waals surface area contributed by atoms with Crippen LogP contribution in [0.3, 0.4) is 0 Å². The molecule has 0 heterocycles. The van der Waals surface area contributed by atoms with Crippen LogP contribution in [-0.2, 0) is 28.8 Å². The van der Waals surface area contributed by atoms with Crippen molar-refractivity contribution in [3.63, 3.8) is 0 Å². The smallest absolute Gasteiger partial charge is 0.338 e. The Hall–Kier alpha value is -9.70. The minimum atomic E-state index is -0.734. The summed E-state index contributed by atoms with van der Waals surface area (Å²) < 4.78 is 21.6. The van der Waals surface area contributed by atoms with Crippen LogP contribution in [0.5, 0.6) is 23.0 Å². The van der Waals surface area contributed by atoms with Crippen LogP contribution in [-0.4, -0.2) is 68.8 Å². The molecule has 0 radical (unpaired) electrons. The largest absolute Gasteiger partial charge is 0.508 e. The predicted octanol–water partition coefficient (Wildman–Crippen LogP) is 11.5. The molecule has 0 saturated heterocycles. The van der Waals surface area contributed by atoms with Crippen molar-refractivity contribution >= 4 is 82.9 Å². The lowest BCUT2D eigenvalue weighted by molar-refractivity contribution is -0.141. The van der Waals surface area contributed by atoms with Gasteiger partial charge in [-0.15, -0.1) is 0 Å². The van der Waals surface area contributed by atoms with Crippen LogP contribution in [0, 0.1) is 11.8 Å². The highest BCUT2D eigenvalue weighted by Crippen LogP contribution is 2.28. The SMILES string of the molecule is C=C(C)C(=O)Oc1ccc(/C=C/C(O)=C/C(=O)/C=C/c2ccc(OC(=O)C(C)CCC(C)C(=O)Oc3ccc(/C=C/C(=O)/C=C(O)/C=C/c4ccc(OC(=O)C(=C)C)c(C(C)=O)c4)cc3C(C)=O)c(C(C)=O)c2)cc1C(C)=O. The van der Waals surface area contributed by atoms with E-state index in [0.29, 0.717) is 22.3 Å². The molecular formula is C62H58O16. The van der Waals surface area contributed by atoms with Crippen molar-refractivity contribution in [1.29, 1.82) is 0 Å². The van der Waals surface area contributed by atoms with Gasteiger partial charge in [-0.3, -0.25) is 38.4 Å². The number of aliphatic hydroxyl groups excluding tert-OH is 2. The number of carbonyl (C=O) groups is 10. The third kappa shape index (κ3) is 18.6. The average molecular weight is 1060 g/mol. The first-order valence-corrected chi connectivity index (χ1v) is 24.1. The van der Waals surface area contributed by atoms with Crippen LogP contribution < -0.4 is 18.9 Å². The van der Waals surface area contributed by atoms with Crippen LogP contribution in [0.4, 0.5) is 0 Å². The number of ether oxygens (including phenoxy) is 4. The molecule has 0 aromatic heterocycles. The van der Waals surface area contributed by atoms with E-state index in [0.717, 1.165) is 24.3 Å². The van der Waals surface area contributed by atoms with Crippen LogP contribution in [0.1, 0.15) is 132 Å². The maximum atomic E-state index is 13.2. The normalized spacial score (nSPS) is 12.5. The van der Waals surface area contributed by atoms with Crippen molar-refractivity contribution in [3.05, 3.63) is 190 Å². The summed E-state index contributed by atoms with van der Waals surface area (Å²) in [6, 6.07) is 17.6. The lowest BCUT2D eigenvalue weighted by atomic mass is 9.98. The van der Waals surface area contributed by atoms with Crippen molar-refractivity contribution in [2.24, 2.45) is 11.8 Å². The van der Waals surface area contributed by atoms with Gasteiger partial charge in [0.15, 0.2) is 34.7 Å². The predicted molar refractivity (Wildman–Crippen MR) is 293 cm³/mol. The van der Waals surface area contributed by atoms with E-state index in [1.54, 1.807) is 26.0 Å². The molecule has 2 N–H and O–H groups in total. The van der Waals surface area contributed by atoms with Gasteiger partial charge in [0.2, 0.25) is 0 Å². The first kappa shape index (κ1) is 60.9. The molecule has 4 rings (SSSR count). The molecule has 0 fully saturated rings. The van der Waals surface area contributed by atoms with E-state index < -0.39 is 70.4 Å². The molecule has 0 spiro atoms. The second kappa shape index (κ2) is 28.3. The summed E-state index contributed by atoms with van der Waals surface area (Å²) in [7, 11) is 0. The second-order valence-electron chi connectivity index (χ2n) is 18.1. The second-order valence-corrected chi connectivity index (χ2v) is 18.1. The number of esters is 4. The number of rotatable bonds is 25. The first-order valence-electron chi connectivity index (χ1n) is 24.1. The van der Waals surface area contributed by atoms with E-state index in [2.05, 4.69) is 13.2 Å². The Kier molecular flexibility index (Phi) is 22.1. The lowest BCUT2D eigenvalue weighted by Crippen LogP contribution is -2.23. The number of allylic oxidation sites excluding steroid dienone is 6. The Morgan fingerprint density at radius 2 is 0.679 bits per heavy atom. The fourth-order valence-corrected chi connectivity index (χ4v) is 6.79. The molecule has 402 valence electrons. The van der Waals surface area contributed by atoms with E-state index in [-0.39, 0.29) is 80.8 Å². The van der Waals surface area contributed by atoms with Gasteiger partial charge in [0, 0.05) is 23.3 Å². The monoisotopic (exact) mass is 1060 g/mol. The average Bonchev–Trinajstić information content (AvgIpc) is 3.38. The van der Waals surface area contributed by atoms with Crippen molar-refractivity contribution < 1.29 is 77.1 Å². The van der Waals surface area contributed by atoms with Crippen molar-refractivity contribution in [1.82, 2.24) is 0 Å². The Labute approximate surface area is 451 Å². The number of hydrogen-bond donors (Lipinski definition) is 2. The lowest BCUT2D eigenvalue weighted by Gasteiger charge is -2.16. The van der Waals surface area contributed by atoms with Gasteiger partial charge in [0.25, 0.3) is 0 Å². The Bertz CT molecular complexity index is 3100. The van der Waals surface area contributed by atoms with Gasteiger partial charge in [-0.2, -0.15) is 0 Å². The topological polar surface area (TPSA) is 248 Å². The first-order chi connectivity index (χ1) is 36.7. The van der Waals surface area contributed by atoms with E-state index in [1.165, 1.54) is 139 Å². The summed E-state index contributed by atoms with van der Waals surface area (Å²) >= 11 is 0. The molecule has 4 aromatic carbocycles. The number of Topliss-reactive ketones (excluding diaryl/α,β-unsaturated/α-hetero) is 4. The molecule has 0 bridgehead atoms. The zero-order chi connectivity index (χ0) is 58.0. The van der Waals surface area contributed by atoms with Crippen LogP contribution in [0.2, 0.25) is 0 Å². The van der Waals surface area contributed by atoms with Crippen molar-refractivity contribution in [2.45, 2.75) is 68.2 Å². The van der Waals surface area contributed by atoms with E-state index in [9.17, 15) is 58.2 Å². The van der Waals surface area contributed by atoms with Crippen LogP contribution >= 0.6 is 0 Å². The summed E-state index contributed by atoms with van der Waals surface area (Å²) in [4.78, 5) is 125. The number of ketones is 6. The van der Waals surface area contributed by atoms with Crippen molar-refractivity contribution in [3.8, 4) is 23.0 Å². The van der Waals surface area contributed by atoms with Crippen molar-refractivity contribution in [2.75, 3.05) is 0 Å². The molecule has 0 amide bonds. The van der Waals surface area contributed by atoms with Gasteiger partial charge in [-0.25, -0.2) is 9.59 Å². The zero-order valence-corrected chi connectivity index (χ0v) is 44.3. The highest BCUT2D eigenvalue weighted by molar-refractivity contribution is 6.05. The highest BCUT2D eigenvalue weighted by atomic mass is 16.5. The molecule has 0 aliphatic heterocycles. The summed E-state index contributed by atoms with van der Waals surface area (Å²) in [6.45, 7) is 18.3. The number of carbonyl (C=O) groups excluding carboxylic acids is 10. The molecule has 0 aliphatic carbocycles. The van der Waals surface area contributed by atoms with Gasteiger partial charge in [-0.05, 0) is 149 Å². The summed E-state index contributed by atoms with van der Waals surface area (Å²) in [5.41, 5.74) is 2.42. The van der Waals surface area contributed by atoms with Gasteiger partial charge in [-0.1, -0.05) is 75.6 Å². The standard InChI is InChI=1S/C62H58O16/c1-35(2)59(71)75-55-25-17-43(29-51(55)39(7)63)13-21-47(67)33-49(69)23-15-45-19-27-57(53(31-45)41(9)65)77-61(73)37(5)11-12-38(6)62(74)78-58-28-20-46(32-54(58)42(10)66)16-24-50(70)34-48(68)22-14-44-18-26-56(52(30-44)40(8)64)76-60(72)36(3)4/h13-34,37-38,67-68H,1,3,11-12H2,2,4-10H3/b21-13+,22-14+,23-15+,24-16+,47-33-,48-34-. The van der Waals surface area contributed by atoms with Gasteiger partial charge < -0.3 is 29.2 Å². The van der Waals surface area contributed by atoms with E-state index in [4.69, 9.17) is 18.9 Å². The summed E-state index contributed by atoms with van der Waals surface area (Å²) in [5.74, 6) is -7.78. The molecular weight excluding hydrogens is 1000 g/mol. The minimum Gasteiger partial charge on any atom is -0.508 e. The molecule has 16 heteroatoms. The van der Waals surface area contributed by atoms with Gasteiger partial charge in [0.05, 0.1) is 34.1 Å². The fraction of sp³-hybridized carbons (Fsp3) is 0.194. The molecule has 0 aliphatic rings. The highest BCUT2D eigenvalue weighted by Gasteiger charge is 2.24. The summed E-state index contributed by atoms with van der Waals surface area (Å²) in [5, 5.41) is 20.8. The molecule has 0 saturated carbocycles. The molecule has 78 heavy (non-hydrogen) atoms. The Morgan fingerprint density at radius 3 is 0.936 bits per heavy atom. The van der Waals surface area contributed by atoms with E-state index >= 15 is 0 Å². The Morgan fingerprint density at radius 1 is 0.423 bits per heavy atom. The molecule has 16 nitrogen and oxygen atoms in total. The molecule has 4 aromatic rings. The summed E-state index contributed by atoms with van der Waals surface area (Å²) in [6.07, 6.45) is 12.7. The van der Waals surface area contributed by atoms with Crippen LogP contribution in [0.15, 0.2) is 145 Å². The number of benzene rings is 4. The van der Waals surface area contributed by atoms with Gasteiger partial charge in [0.1, 0.15) is 34.5 Å². The third-order valence-electron chi connectivity index (χ3n) is 11.2. The fourth-order valence-electron chi connectivity index (χ4n) is 6.79. The number of aliphatic hydroxyl groups is 2. The maximum Gasteiger partial charge on any atom is 0.338 e. The Balaban J connectivity index is 1.32.